The molecule has 0 fully saturated rings. The van der Waals surface area contributed by atoms with Crippen LogP contribution in [0.1, 0.15) is 0 Å². The van der Waals surface area contributed by atoms with Gasteiger partial charge in [-0.25, -0.2) is 13.4 Å². The van der Waals surface area contributed by atoms with E-state index in [1.165, 1.54) is 12.1 Å². The van der Waals surface area contributed by atoms with Gasteiger partial charge in [0.15, 0.2) is 5.13 Å². The second-order valence-electron chi connectivity index (χ2n) is 6.51. The number of anilines is 1. The molecule has 0 amide bonds. The summed E-state index contributed by atoms with van der Waals surface area (Å²) in [6.45, 7) is 0. The third-order valence-corrected chi connectivity index (χ3v) is 8.52. The van der Waals surface area contributed by atoms with Crippen LogP contribution in [-0.2, 0) is 10.0 Å². The average molecular weight is 581 g/mol. The number of rotatable bonds is 6. The number of hydrogen-bond donors (Lipinski definition) is 1. The Balaban J connectivity index is 1.54. The fourth-order valence-electron chi connectivity index (χ4n) is 2.74. The molecule has 4 aromatic rings. The van der Waals surface area contributed by atoms with Crippen molar-refractivity contribution in [3.05, 3.63) is 85.1 Å². The van der Waals surface area contributed by atoms with Gasteiger partial charge in [-0.3, -0.25) is 4.72 Å². The zero-order valence-corrected chi connectivity index (χ0v) is 21.6. The topological polar surface area (TPSA) is 68.3 Å². The number of benzene rings is 3. The van der Waals surface area contributed by atoms with Crippen LogP contribution >= 0.6 is 69.3 Å². The van der Waals surface area contributed by atoms with Crippen molar-refractivity contribution < 1.29 is 13.2 Å². The lowest BCUT2D eigenvalue weighted by atomic mass is 10.1. The average Bonchev–Trinajstić information content (AvgIpc) is 3.21. The van der Waals surface area contributed by atoms with Gasteiger partial charge in [0, 0.05) is 22.0 Å². The molecule has 1 aromatic heterocycles. The number of sulfonamides is 1. The number of ether oxygens (including phenoxy) is 1. The van der Waals surface area contributed by atoms with Gasteiger partial charge in [-0.2, -0.15) is 0 Å². The van der Waals surface area contributed by atoms with E-state index in [4.69, 9.17) is 62.7 Å². The van der Waals surface area contributed by atoms with Crippen molar-refractivity contribution in [2.75, 3.05) is 4.72 Å². The third kappa shape index (κ3) is 5.52. The van der Waals surface area contributed by atoms with E-state index >= 15 is 0 Å². The molecule has 0 saturated heterocycles. The molecule has 0 bridgehead atoms. The van der Waals surface area contributed by atoms with Crippen molar-refractivity contribution in [3.63, 3.8) is 0 Å². The number of aromatic nitrogens is 1. The Hall–Kier alpha value is -1.71. The lowest BCUT2D eigenvalue weighted by Gasteiger charge is -2.09. The molecule has 0 spiro atoms. The van der Waals surface area contributed by atoms with Crippen molar-refractivity contribution >= 4 is 84.5 Å². The van der Waals surface area contributed by atoms with Crippen molar-refractivity contribution in [3.8, 4) is 22.8 Å². The summed E-state index contributed by atoms with van der Waals surface area (Å²) in [6.07, 6.45) is 0. The van der Waals surface area contributed by atoms with E-state index in [2.05, 4.69) is 9.71 Å². The largest absolute Gasteiger partial charge is 0.457 e. The fraction of sp³-hybridized carbons (Fsp3) is 0. The molecule has 0 unspecified atom stereocenters. The first-order chi connectivity index (χ1) is 15.6. The minimum atomic E-state index is -4.05. The van der Waals surface area contributed by atoms with E-state index in [1.807, 2.05) is 0 Å². The molecule has 4 rings (SSSR count). The Morgan fingerprint density at radius 1 is 0.818 bits per heavy atom. The van der Waals surface area contributed by atoms with Crippen LogP contribution in [0.25, 0.3) is 11.3 Å². The van der Waals surface area contributed by atoms with E-state index in [1.54, 1.807) is 47.8 Å². The molecule has 170 valence electrons. The van der Waals surface area contributed by atoms with Crippen LogP contribution in [0.5, 0.6) is 11.5 Å². The maximum Gasteiger partial charge on any atom is 0.265 e. The number of nitrogens with zero attached hydrogens (tertiary/aromatic N) is 1. The van der Waals surface area contributed by atoms with Crippen molar-refractivity contribution in [2.24, 2.45) is 0 Å². The summed E-state index contributed by atoms with van der Waals surface area (Å²) < 4.78 is 33.7. The molecule has 0 radical (unpaired) electrons. The van der Waals surface area contributed by atoms with Crippen LogP contribution in [0.2, 0.25) is 25.1 Å². The predicted octanol–water partition coefficient (Wildman–Crippen LogP) is 8.67. The first-order valence-electron chi connectivity index (χ1n) is 8.99. The van der Waals surface area contributed by atoms with Crippen LogP contribution < -0.4 is 9.46 Å². The van der Waals surface area contributed by atoms with E-state index in [0.29, 0.717) is 32.8 Å². The van der Waals surface area contributed by atoms with Gasteiger partial charge in [-0.1, -0.05) is 58.0 Å². The predicted molar refractivity (Wildman–Crippen MR) is 136 cm³/mol. The minimum Gasteiger partial charge on any atom is -0.457 e. The Morgan fingerprint density at radius 3 is 2.21 bits per heavy atom. The number of nitrogens with one attached hydrogen (secondary N) is 1. The number of halogens is 5. The normalized spacial score (nSPS) is 11.4. The summed E-state index contributed by atoms with van der Waals surface area (Å²) in [5, 5.41) is 2.72. The molecule has 1 N–H and O–H groups in total. The van der Waals surface area contributed by atoms with Crippen LogP contribution in [-0.4, -0.2) is 13.4 Å². The monoisotopic (exact) mass is 578 g/mol. The quantitative estimate of drug-likeness (QED) is 0.232. The maximum atomic E-state index is 12.8. The first kappa shape index (κ1) is 24.4. The highest BCUT2D eigenvalue weighted by atomic mass is 35.5. The smallest absolute Gasteiger partial charge is 0.265 e. The molecule has 5 nitrogen and oxygen atoms in total. The number of thiazole rings is 1. The van der Waals surface area contributed by atoms with Crippen LogP contribution in [0.15, 0.2) is 64.9 Å². The summed E-state index contributed by atoms with van der Waals surface area (Å²) in [4.78, 5) is 4.12. The Morgan fingerprint density at radius 2 is 1.52 bits per heavy atom. The molecule has 33 heavy (non-hydrogen) atoms. The molecular formula is C21H11Cl5N2O3S2. The van der Waals surface area contributed by atoms with Crippen LogP contribution in [0.3, 0.4) is 0 Å². The van der Waals surface area contributed by atoms with Gasteiger partial charge in [0.05, 0.1) is 25.8 Å². The summed E-state index contributed by atoms with van der Waals surface area (Å²) in [5.74, 6) is 1.13. The van der Waals surface area contributed by atoms with Crippen molar-refractivity contribution in [1.29, 1.82) is 0 Å². The molecule has 1 heterocycles. The molecule has 0 aliphatic rings. The lowest BCUT2D eigenvalue weighted by molar-refractivity contribution is 0.483. The van der Waals surface area contributed by atoms with Crippen LogP contribution in [0, 0.1) is 0 Å². The first-order valence-corrected chi connectivity index (χ1v) is 13.2. The third-order valence-electron chi connectivity index (χ3n) is 4.28. The molecular weight excluding hydrogens is 570 g/mol. The van der Waals surface area contributed by atoms with Gasteiger partial charge in [0.1, 0.15) is 16.4 Å². The molecule has 3 aromatic carbocycles. The summed E-state index contributed by atoms with van der Waals surface area (Å²) in [5.41, 5.74) is 1.09. The SMILES string of the molecule is O=S(=O)(Nc1nc(-c2ccc(Oc3ccc(Cl)cc3)cc2Cl)cs1)c1ccc(Cl)c(Cl)c1Cl. The van der Waals surface area contributed by atoms with Gasteiger partial charge in [-0.15, -0.1) is 11.3 Å². The van der Waals surface area contributed by atoms with Gasteiger partial charge in [-0.05, 0) is 48.5 Å². The highest BCUT2D eigenvalue weighted by molar-refractivity contribution is 7.93. The fourth-order valence-corrected chi connectivity index (χ4v) is 6.07. The van der Waals surface area contributed by atoms with E-state index in [-0.39, 0.29) is 25.1 Å². The summed E-state index contributed by atoms with van der Waals surface area (Å²) >= 11 is 31.3. The Kier molecular flexibility index (Phi) is 7.31. The summed E-state index contributed by atoms with van der Waals surface area (Å²) in [6, 6.07) is 14.6. The van der Waals surface area contributed by atoms with Gasteiger partial charge in [0.25, 0.3) is 10.0 Å². The lowest BCUT2D eigenvalue weighted by Crippen LogP contribution is -2.13. The second kappa shape index (κ2) is 9.88. The zero-order chi connectivity index (χ0) is 23.8. The molecule has 0 aliphatic carbocycles. The standard InChI is InChI=1S/C21H11Cl5N2O3S2/c22-11-1-3-12(4-2-11)31-13-5-6-14(16(24)9-13)17-10-32-21(27-17)28-33(29,30)18-8-7-15(23)19(25)20(18)26/h1-10H,(H,27,28). The minimum absolute atomic E-state index is 0.0475. The highest BCUT2D eigenvalue weighted by Gasteiger charge is 2.23. The Labute approximate surface area is 218 Å². The molecule has 0 saturated carbocycles. The van der Waals surface area contributed by atoms with Gasteiger partial charge < -0.3 is 4.74 Å². The summed E-state index contributed by atoms with van der Waals surface area (Å²) in [7, 11) is -4.05. The van der Waals surface area contributed by atoms with E-state index < -0.39 is 10.0 Å². The Bertz CT molecular complexity index is 1440. The van der Waals surface area contributed by atoms with Crippen molar-refractivity contribution in [2.45, 2.75) is 4.90 Å². The van der Waals surface area contributed by atoms with Crippen molar-refractivity contribution in [1.82, 2.24) is 4.98 Å². The van der Waals surface area contributed by atoms with Gasteiger partial charge >= 0.3 is 0 Å². The maximum absolute atomic E-state index is 12.8. The van der Waals surface area contributed by atoms with E-state index in [9.17, 15) is 8.42 Å². The highest BCUT2D eigenvalue weighted by Crippen LogP contribution is 2.37. The molecule has 12 heteroatoms. The van der Waals surface area contributed by atoms with Crippen LogP contribution in [0.4, 0.5) is 5.13 Å². The number of hydrogen-bond acceptors (Lipinski definition) is 5. The van der Waals surface area contributed by atoms with E-state index in [0.717, 1.165) is 11.3 Å². The zero-order valence-electron chi connectivity index (χ0n) is 16.2. The molecule has 0 aliphatic heterocycles. The molecule has 0 atom stereocenters. The second-order valence-corrected chi connectivity index (χ2v) is 11.0. The van der Waals surface area contributed by atoms with Gasteiger partial charge in [0.2, 0.25) is 0 Å².